The monoisotopic (exact) mass is 271 g/mol. The average molecular weight is 272 g/mol. The lowest BCUT2D eigenvalue weighted by molar-refractivity contribution is 1.33. The topological polar surface area (TPSA) is 64.9 Å². The average Bonchev–Trinajstić information content (AvgIpc) is 2.41. The van der Waals surface area contributed by atoms with Crippen LogP contribution in [0.1, 0.15) is 0 Å². The van der Waals surface area contributed by atoms with Crippen LogP contribution in [-0.4, -0.2) is 4.98 Å². The minimum absolute atomic E-state index is 0.544. The van der Waals surface area contributed by atoms with E-state index in [1.165, 1.54) is 0 Å². The summed E-state index contributed by atoms with van der Waals surface area (Å²) in [4.78, 5) is 3.74. The maximum Gasteiger partial charge on any atom is 0.129 e. The van der Waals surface area contributed by atoms with E-state index >= 15 is 0 Å². The molecular weight excluding hydrogens is 258 g/mol. The molecule has 0 fully saturated rings. The van der Waals surface area contributed by atoms with Crippen molar-refractivity contribution in [3.8, 4) is 0 Å². The molecule has 4 N–H and O–H groups in total. The Morgan fingerprint density at radius 1 is 0.789 bits per heavy atom. The summed E-state index contributed by atoms with van der Waals surface area (Å²) in [6, 6.07) is 17.0. The standard InChI is InChI=1S/C10H10N2.C5H4ClN/c11-9-3-1-7-5-10(12)4-2-8(7)6-9;6-5-3-1-2-4-7-5/h1-6H,11-12H2;1-4H. The molecule has 0 unspecified atom stereocenters. The largest absolute Gasteiger partial charge is 0.399 e. The van der Waals surface area contributed by atoms with Gasteiger partial charge in [-0.2, -0.15) is 0 Å². The van der Waals surface area contributed by atoms with Crippen LogP contribution in [-0.2, 0) is 0 Å². The van der Waals surface area contributed by atoms with Crippen molar-refractivity contribution < 1.29 is 0 Å². The number of nitrogens with zero attached hydrogens (tertiary/aromatic N) is 1. The van der Waals surface area contributed by atoms with Crippen LogP contribution in [0.2, 0.25) is 5.15 Å². The van der Waals surface area contributed by atoms with Crippen LogP contribution < -0.4 is 11.5 Å². The van der Waals surface area contributed by atoms with Gasteiger partial charge in [-0.1, -0.05) is 29.8 Å². The summed E-state index contributed by atoms with van der Waals surface area (Å²) in [7, 11) is 0. The molecule has 4 heteroatoms. The van der Waals surface area contributed by atoms with E-state index in [2.05, 4.69) is 4.98 Å². The minimum atomic E-state index is 0.544. The van der Waals surface area contributed by atoms with Gasteiger partial charge in [0.1, 0.15) is 5.15 Å². The third kappa shape index (κ3) is 3.86. The highest BCUT2D eigenvalue weighted by atomic mass is 35.5. The van der Waals surface area contributed by atoms with E-state index < -0.39 is 0 Å². The molecule has 19 heavy (non-hydrogen) atoms. The summed E-state index contributed by atoms with van der Waals surface area (Å²) >= 11 is 5.43. The first-order valence-electron chi connectivity index (χ1n) is 5.76. The van der Waals surface area contributed by atoms with Gasteiger partial charge in [0.2, 0.25) is 0 Å². The van der Waals surface area contributed by atoms with Crippen molar-refractivity contribution in [3.05, 3.63) is 65.9 Å². The lowest BCUT2D eigenvalue weighted by atomic mass is 10.1. The second-order valence-corrected chi connectivity index (χ2v) is 4.41. The van der Waals surface area contributed by atoms with Crippen molar-refractivity contribution >= 4 is 33.7 Å². The van der Waals surface area contributed by atoms with Crippen molar-refractivity contribution in [3.63, 3.8) is 0 Å². The van der Waals surface area contributed by atoms with Gasteiger partial charge in [-0.15, -0.1) is 0 Å². The highest BCUT2D eigenvalue weighted by Gasteiger charge is 1.93. The van der Waals surface area contributed by atoms with Crippen molar-refractivity contribution in [2.24, 2.45) is 0 Å². The molecule has 3 aromatic rings. The van der Waals surface area contributed by atoms with E-state index in [9.17, 15) is 0 Å². The van der Waals surface area contributed by atoms with Gasteiger partial charge >= 0.3 is 0 Å². The SMILES string of the molecule is Clc1ccccn1.Nc1ccc2cc(N)ccc2c1. The van der Waals surface area contributed by atoms with E-state index in [1.807, 2.05) is 48.5 Å². The molecule has 0 aliphatic rings. The second kappa shape index (κ2) is 6.07. The number of benzene rings is 2. The Balaban J connectivity index is 0.000000163. The molecule has 0 spiro atoms. The normalized spacial score (nSPS) is 9.74. The molecule has 96 valence electrons. The van der Waals surface area contributed by atoms with E-state index in [0.717, 1.165) is 22.1 Å². The Labute approximate surface area is 116 Å². The summed E-state index contributed by atoms with van der Waals surface area (Å²) in [6.07, 6.45) is 1.66. The Kier molecular flexibility index (Phi) is 4.21. The predicted molar refractivity (Wildman–Crippen MR) is 82.0 cm³/mol. The van der Waals surface area contributed by atoms with Gasteiger partial charge in [-0.05, 0) is 47.2 Å². The molecule has 0 saturated carbocycles. The number of hydrogen-bond acceptors (Lipinski definition) is 3. The fraction of sp³-hybridized carbons (Fsp3) is 0. The molecule has 2 aromatic carbocycles. The summed E-state index contributed by atoms with van der Waals surface area (Å²) in [5.74, 6) is 0. The molecule has 3 rings (SSSR count). The molecule has 0 saturated heterocycles. The van der Waals surface area contributed by atoms with Crippen molar-refractivity contribution in [2.75, 3.05) is 11.5 Å². The molecule has 0 aliphatic carbocycles. The van der Waals surface area contributed by atoms with Crippen LogP contribution in [0.5, 0.6) is 0 Å². The lowest BCUT2D eigenvalue weighted by Crippen LogP contribution is -1.86. The quantitative estimate of drug-likeness (QED) is 0.483. The number of pyridine rings is 1. The number of fused-ring (bicyclic) bond motifs is 1. The third-order valence-corrected chi connectivity index (χ3v) is 2.74. The number of halogens is 1. The summed E-state index contributed by atoms with van der Waals surface area (Å²) in [5, 5.41) is 2.80. The van der Waals surface area contributed by atoms with Crippen LogP contribution >= 0.6 is 11.6 Å². The second-order valence-electron chi connectivity index (χ2n) is 4.02. The first-order chi connectivity index (χ1) is 9.15. The number of nitrogen functional groups attached to an aromatic ring is 2. The summed E-state index contributed by atoms with van der Waals surface area (Å²) in [6.45, 7) is 0. The third-order valence-electron chi connectivity index (χ3n) is 2.52. The van der Waals surface area contributed by atoms with Gasteiger partial charge in [-0.25, -0.2) is 4.98 Å². The van der Waals surface area contributed by atoms with Crippen LogP contribution in [0.15, 0.2) is 60.8 Å². The van der Waals surface area contributed by atoms with Crippen LogP contribution in [0.25, 0.3) is 10.8 Å². The van der Waals surface area contributed by atoms with Gasteiger partial charge < -0.3 is 11.5 Å². The van der Waals surface area contributed by atoms with E-state index in [0.29, 0.717) is 5.15 Å². The van der Waals surface area contributed by atoms with Crippen molar-refractivity contribution in [1.82, 2.24) is 4.98 Å². The zero-order chi connectivity index (χ0) is 13.7. The zero-order valence-corrected chi connectivity index (χ0v) is 11.0. The maximum atomic E-state index is 5.63. The molecule has 0 bridgehead atoms. The first kappa shape index (κ1) is 13.2. The van der Waals surface area contributed by atoms with Crippen LogP contribution in [0.3, 0.4) is 0 Å². The van der Waals surface area contributed by atoms with Crippen LogP contribution in [0, 0.1) is 0 Å². The Morgan fingerprint density at radius 3 is 1.74 bits per heavy atom. The fourth-order valence-corrected chi connectivity index (χ4v) is 1.75. The Morgan fingerprint density at radius 2 is 1.37 bits per heavy atom. The van der Waals surface area contributed by atoms with Gasteiger partial charge in [0.15, 0.2) is 0 Å². The number of nitrogens with two attached hydrogens (primary N) is 2. The molecule has 0 radical (unpaired) electrons. The van der Waals surface area contributed by atoms with E-state index in [4.69, 9.17) is 23.1 Å². The van der Waals surface area contributed by atoms with Gasteiger partial charge in [0, 0.05) is 17.6 Å². The fourth-order valence-electron chi connectivity index (χ4n) is 1.62. The Hall–Kier alpha value is -2.26. The molecule has 0 atom stereocenters. The molecule has 3 nitrogen and oxygen atoms in total. The van der Waals surface area contributed by atoms with Gasteiger partial charge in [-0.3, -0.25) is 0 Å². The molecule has 0 aliphatic heterocycles. The smallest absolute Gasteiger partial charge is 0.129 e. The molecule has 1 aromatic heterocycles. The number of rotatable bonds is 0. The van der Waals surface area contributed by atoms with E-state index in [-0.39, 0.29) is 0 Å². The van der Waals surface area contributed by atoms with Gasteiger partial charge in [0.25, 0.3) is 0 Å². The van der Waals surface area contributed by atoms with E-state index in [1.54, 1.807) is 12.3 Å². The lowest BCUT2D eigenvalue weighted by Gasteiger charge is -1.99. The van der Waals surface area contributed by atoms with Gasteiger partial charge in [0.05, 0.1) is 0 Å². The Bertz CT molecular complexity index is 627. The highest BCUT2D eigenvalue weighted by Crippen LogP contribution is 2.19. The highest BCUT2D eigenvalue weighted by molar-refractivity contribution is 6.29. The molecule has 1 heterocycles. The zero-order valence-electron chi connectivity index (χ0n) is 10.3. The molecule has 0 amide bonds. The number of anilines is 2. The van der Waals surface area contributed by atoms with Crippen LogP contribution in [0.4, 0.5) is 11.4 Å². The predicted octanol–water partition coefficient (Wildman–Crippen LogP) is 3.74. The first-order valence-corrected chi connectivity index (χ1v) is 6.14. The minimum Gasteiger partial charge on any atom is -0.399 e. The summed E-state index contributed by atoms with van der Waals surface area (Å²) in [5.41, 5.74) is 12.8. The number of hydrogen-bond donors (Lipinski definition) is 2. The molecular formula is C15H14ClN3. The van der Waals surface area contributed by atoms with Crippen molar-refractivity contribution in [1.29, 1.82) is 0 Å². The maximum absolute atomic E-state index is 5.63. The summed E-state index contributed by atoms with van der Waals surface area (Å²) < 4.78 is 0. The van der Waals surface area contributed by atoms with Crippen molar-refractivity contribution in [2.45, 2.75) is 0 Å². The number of aromatic nitrogens is 1.